The van der Waals surface area contributed by atoms with Crippen molar-refractivity contribution in [3.63, 3.8) is 0 Å². The first-order valence-corrected chi connectivity index (χ1v) is 11.9. The highest BCUT2D eigenvalue weighted by atomic mass is 16.6. The third-order valence-corrected chi connectivity index (χ3v) is 7.34. The number of carbonyl (C=O) groups excluding carboxylic acids is 1. The minimum atomic E-state index is -0.485. The molecule has 0 radical (unpaired) electrons. The monoisotopic (exact) mass is 424 g/mol. The van der Waals surface area contributed by atoms with Crippen molar-refractivity contribution in [2.75, 3.05) is 0 Å². The minimum absolute atomic E-state index is 0.0498. The van der Waals surface area contributed by atoms with Crippen LogP contribution in [-0.2, 0) is 20.9 Å². The number of hydrogen-bond donors (Lipinski definition) is 0. The SMILES string of the molecule is C=CCC[C@@](C)(OCc1ccccc1)[C@@H]1O[C@H](CC(=C)C)[C@H]2C(=O)CC[C@H](C(C)C)[C@H]21. The van der Waals surface area contributed by atoms with E-state index in [1.54, 1.807) is 0 Å². The predicted octanol–water partition coefficient (Wildman–Crippen LogP) is 6.53. The van der Waals surface area contributed by atoms with Crippen molar-refractivity contribution < 1.29 is 14.3 Å². The van der Waals surface area contributed by atoms with Gasteiger partial charge in [-0.2, -0.15) is 0 Å². The molecular weight excluding hydrogens is 384 g/mol. The fourth-order valence-electron chi connectivity index (χ4n) is 5.74. The van der Waals surface area contributed by atoms with E-state index < -0.39 is 5.60 Å². The summed E-state index contributed by atoms with van der Waals surface area (Å²) in [6, 6.07) is 10.3. The van der Waals surface area contributed by atoms with Crippen LogP contribution in [0.3, 0.4) is 0 Å². The zero-order valence-electron chi connectivity index (χ0n) is 19.8. The predicted molar refractivity (Wildman–Crippen MR) is 127 cm³/mol. The summed E-state index contributed by atoms with van der Waals surface area (Å²) in [5.41, 5.74) is 1.74. The molecule has 0 unspecified atom stereocenters. The number of Topliss-reactive ketones (excluding diaryl/α,β-unsaturated/α-hetero) is 1. The van der Waals surface area contributed by atoms with E-state index in [1.165, 1.54) is 0 Å². The molecule has 3 nitrogen and oxygen atoms in total. The molecule has 0 aromatic heterocycles. The lowest BCUT2D eigenvalue weighted by molar-refractivity contribution is -0.158. The van der Waals surface area contributed by atoms with Crippen LogP contribution >= 0.6 is 0 Å². The molecule has 1 saturated carbocycles. The molecule has 2 fully saturated rings. The Labute approximate surface area is 188 Å². The van der Waals surface area contributed by atoms with Gasteiger partial charge >= 0.3 is 0 Å². The largest absolute Gasteiger partial charge is 0.371 e. The molecule has 1 saturated heterocycles. The molecule has 0 spiro atoms. The van der Waals surface area contributed by atoms with E-state index in [2.05, 4.69) is 46.1 Å². The average Bonchev–Trinajstić information content (AvgIpc) is 3.11. The van der Waals surface area contributed by atoms with Crippen LogP contribution in [0, 0.1) is 23.7 Å². The standard InChI is InChI=1S/C28H40O3/c1-7-8-16-28(6,30-18-21-12-10-9-11-13-21)27-25-22(20(4)5)14-15-23(29)26(25)24(31-27)17-19(2)3/h7,9-13,20,22,24-27H,1-2,8,14-18H2,3-6H3/t22-,24-,25-,26-,27-,28-/m1/s1. The first-order valence-electron chi connectivity index (χ1n) is 11.9. The smallest absolute Gasteiger partial charge is 0.138 e. The van der Waals surface area contributed by atoms with Crippen LogP contribution in [0.25, 0.3) is 0 Å². The van der Waals surface area contributed by atoms with Crippen molar-refractivity contribution >= 4 is 5.78 Å². The van der Waals surface area contributed by atoms with Gasteiger partial charge in [-0.3, -0.25) is 4.79 Å². The van der Waals surface area contributed by atoms with Gasteiger partial charge < -0.3 is 9.47 Å². The molecule has 1 aromatic carbocycles. The Kier molecular flexibility index (Phi) is 7.93. The Balaban J connectivity index is 1.94. The van der Waals surface area contributed by atoms with E-state index in [-0.39, 0.29) is 24.0 Å². The van der Waals surface area contributed by atoms with Gasteiger partial charge in [-0.1, -0.05) is 55.8 Å². The van der Waals surface area contributed by atoms with Gasteiger partial charge in [0.2, 0.25) is 0 Å². The van der Waals surface area contributed by atoms with Crippen LogP contribution in [0.15, 0.2) is 55.1 Å². The van der Waals surface area contributed by atoms with E-state index >= 15 is 0 Å². The van der Waals surface area contributed by atoms with Crippen molar-refractivity contribution in [3.8, 4) is 0 Å². The lowest BCUT2D eigenvalue weighted by atomic mass is 9.62. The number of rotatable bonds is 10. The zero-order valence-corrected chi connectivity index (χ0v) is 19.8. The van der Waals surface area contributed by atoms with E-state index in [9.17, 15) is 4.79 Å². The normalized spacial score (nSPS) is 30.1. The van der Waals surface area contributed by atoms with Crippen molar-refractivity contribution in [1.29, 1.82) is 0 Å². The Morgan fingerprint density at radius 1 is 1.32 bits per heavy atom. The average molecular weight is 425 g/mol. The molecule has 2 aliphatic rings. The van der Waals surface area contributed by atoms with Gasteiger partial charge in [-0.05, 0) is 56.9 Å². The van der Waals surface area contributed by atoms with Gasteiger partial charge in [0, 0.05) is 18.3 Å². The van der Waals surface area contributed by atoms with Gasteiger partial charge in [0.1, 0.15) is 5.78 Å². The maximum atomic E-state index is 13.1. The van der Waals surface area contributed by atoms with E-state index in [1.807, 2.05) is 31.2 Å². The van der Waals surface area contributed by atoms with E-state index in [0.29, 0.717) is 30.6 Å². The van der Waals surface area contributed by atoms with Gasteiger partial charge in [0.25, 0.3) is 0 Å². The molecule has 0 amide bonds. The number of allylic oxidation sites excluding steroid dienone is 1. The van der Waals surface area contributed by atoms with Crippen molar-refractivity contribution in [2.24, 2.45) is 23.7 Å². The quantitative estimate of drug-likeness (QED) is 0.401. The highest BCUT2D eigenvalue weighted by molar-refractivity contribution is 5.83. The molecular formula is C28H40O3. The molecule has 3 heteroatoms. The topological polar surface area (TPSA) is 35.5 Å². The van der Waals surface area contributed by atoms with Crippen molar-refractivity contribution in [1.82, 2.24) is 0 Å². The summed E-state index contributed by atoms with van der Waals surface area (Å²) in [6.45, 7) is 17.4. The van der Waals surface area contributed by atoms with E-state index in [0.717, 1.165) is 36.8 Å². The van der Waals surface area contributed by atoms with Crippen LogP contribution in [-0.4, -0.2) is 23.6 Å². The first-order chi connectivity index (χ1) is 14.8. The van der Waals surface area contributed by atoms with Crippen LogP contribution in [0.2, 0.25) is 0 Å². The zero-order chi connectivity index (χ0) is 22.6. The summed E-state index contributed by atoms with van der Waals surface area (Å²) < 4.78 is 13.4. The van der Waals surface area contributed by atoms with Crippen molar-refractivity contribution in [3.05, 3.63) is 60.7 Å². The summed E-state index contributed by atoms with van der Waals surface area (Å²) >= 11 is 0. The number of ether oxygens (including phenoxy) is 2. The first kappa shape index (κ1) is 23.9. The number of benzene rings is 1. The minimum Gasteiger partial charge on any atom is -0.371 e. The van der Waals surface area contributed by atoms with Crippen LogP contribution in [0.4, 0.5) is 0 Å². The summed E-state index contributed by atoms with van der Waals surface area (Å²) in [5, 5.41) is 0. The van der Waals surface area contributed by atoms with Crippen LogP contribution < -0.4 is 0 Å². The van der Waals surface area contributed by atoms with E-state index in [4.69, 9.17) is 9.47 Å². The summed E-state index contributed by atoms with van der Waals surface area (Å²) in [7, 11) is 0. The van der Waals surface area contributed by atoms with Gasteiger partial charge in [-0.25, -0.2) is 0 Å². The summed E-state index contributed by atoms with van der Waals surface area (Å²) in [6.07, 6.45) is 5.80. The molecule has 3 rings (SSSR count). The highest BCUT2D eigenvalue weighted by Gasteiger charge is 2.58. The number of carbonyl (C=O) groups is 1. The Bertz CT molecular complexity index is 768. The molecule has 170 valence electrons. The Hall–Kier alpha value is -1.71. The van der Waals surface area contributed by atoms with Gasteiger partial charge in [-0.15, -0.1) is 13.2 Å². The molecule has 0 bridgehead atoms. The fourth-order valence-corrected chi connectivity index (χ4v) is 5.74. The van der Waals surface area contributed by atoms with Crippen LogP contribution in [0.1, 0.15) is 65.4 Å². The Morgan fingerprint density at radius 3 is 2.65 bits per heavy atom. The third kappa shape index (κ3) is 5.38. The molecule has 1 aliphatic carbocycles. The summed E-state index contributed by atoms with van der Waals surface area (Å²) in [5.74, 6) is 1.48. The Morgan fingerprint density at radius 2 is 2.03 bits per heavy atom. The second-order valence-corrected chi connectivity index (χ2v) is 10.2. The number of hydrogen-bond acceptors (Lipinski definition) is 3. The number of ketones is 1. The number of fused-ring (bicyclic) bond motifs is 1. The molecule has 31 heavy (non-hydrogen) atoms. The molecule has 1 aliphatic heterocycles. The van der Waals surface area contributed by atoms with Gasteiger partial charge in [0.15, 0.2) is 0 Å². The van der Waals surface area contributed by atoms with Crippen LogP contribution in [0.5, 0.6) is 0 Å². The molecule has 1 heterocycles. The molecule has 6 atom stereocenters. The third-order valence-electron chi connectivity index (χ3n) is 7.34. The second kappa shape index (κ2) is 10.3. The molecule has 1 aromatic rings. The lowest BCUT2D eigenvalue weighted by Gasteiger charge is -2.44. The maximum absolute atomic E-state index is 13.1. The summed E-state index contributed by atoms with van der Waals surface area (Å²) in [4.78, 5) is 13.1. The highest BCUT2D eigenvalue weighted by Crippen LogP contribution is 2.52. The van der Waals surface area contributed by atoms with Gasteiger partial charge in [0.05, 0.1) is 24.4 Å². The second-order valence-electron chi connectivity index (χ2n) is 10.2. The lowest BCUT2D eigenvalue weighted by Crippen LogP contribution is -2.50. The maximum Gasteiger partial charge on any atom is 0.138 e. The fraction of sp³-hybridized carbons (Fsp3) is 0.607. The molecule has 0 N–H and O–H groups in total. The van der Waals surface area contributed by atoms with Crippen molar-refractivity contribution in [2.45, 2.75) is 84.2 Å².